The largest absolute Gasteiger partial charge is 0.496 e. The highest BCUT2D eigenvalue weighted by molar-refractivity contribution is 8.18. The molecular weight excluding hydrogens is 308 g/mol. The van der Waals surface area contributed by atoms with Crippen molar-refractivity contribution in [3.63, 3.8) is 0 Å². The molecule has 0 atom stereocenters. The zero-order chi connectivity index (χ0) is 16.2. The molecule has 1 aliphatic heterocycles. The maximum Gasteiger partial charge on any atom is 0.264 e. The maximum absolute atomic E-state index is 12.1. The second-order valence-corrected chi connectivity index (χ2v) is 6.04. The van der Waals surface area contributed by atoms with Gasteiger partial charge in [-0.05, 0) is 42.5 Å². The molecule has 1 fully saturated rings. The Kier molecular flexibility index (Phi) is 4.48. The van der Waals surface area contributed by atoms with E-state index >= 15 is 0 Å². The van der Waals surface area contributed by atoms with Gasteiger partial charge >= 0.3 is 0 Å². The molecule has 2 aromatic rings. The molecule has 0 unspecified atom stereocenters. The van der Waals surface area contributed by atoms with Gasteiger partial charge in [0.25, 0.3) is 5.91 Å². The number of hydrogen-bond acceptors (Lipinski definition) is 4. The van der Waals surface area contributed by atoms with E-state index in [1.54, 1.807) is 7.11 Å². The Bertz CT molecular complexity index is 812. The molecule has 5 heteroatoms. The molecule has 2 aromatic carbocycles. The van der Waals surface area contributed by atoms with Crippen LogP contribution in [0.25, 0.3) is 6.08 Å². The fourth-order valence-electron chi connectivity index (χ4n) is 2.21. The second-order valence-electron chi connectivity index (χ2n) is 5.01. The van der Waals surface area contributed by atoms with Crippen LogP contribution in [0.2, 0.25) is 0 Å². The summed E-state index contributed by atoms with van der Waals surface area (Å²) in [6.45, 7) is 1.99. The lowest BCUT2D eigenvalue weighted by Crippen LogP contribution is -2.19. The van der Waals surface area contributed by atoms with Crippen LogP contribution in [0, 0.1) is 6.92 Å². The Morgan fingerprint density at radius 2 is 1.87 bits per heavy atom. The summed E-state index contributed by atoms with van der Waals surface area (Å²) in [5.41, 5.74) is 2.79. The molecule has 0 bridgehead atoms. The number of amidine groups is 1. The number of ether oxygens (including phenoxy) is 1. The fourth-order valence-corrected chi connectivity index (χ4v) is 3.03. The lowest BCUT2D eigenvalue weighted by atomic mass is 10.2. The molecule has 1 amide bonds. The number of carbonyl (C=O) groups excluding carboxylic acids is 1. The van der Waals surface area contributed by atoms with Gasteiger partial charge in [-0.3, -0.25) is 4.79 Å². The smallest absolute Gasteiger partial charge is 0.264 e. The average Bonchev–Trinajstić information content (AvgIpc) is 2.90. The fraction of sp³-hybridized carbons (Fsp3) is 0.111. The van der Waals surface area contributed by atoms with E-state index in [2.05, 4.69) is 10.3 Å². The van der Waals surface area contributed by atoms with Crippen LogP contribution in [0.15, 0.2) is 58.4 Å². The van der Waals surface area contributed by atoms with Crippen LogP contribution < -0.4 is 10.1 Å². The van der Waals surface area contributed by atoms with Gasteiger partial charge in [-0.25, -0.2) is 4.99 Å². The number of methoxy groups -OCH3 is 1. The highest BCUT2D eigenvalue weighted by Crippen LogP contribution is 2.30. The van der Waals surface area contributed by atoms with Crippen molar-refractivity contribution < 1.29 is 9.53 Å². The summed E-state index contributed by atoms with van der Waals surface area (Å²) >= 11 is 1.33. The number of carbonyl (C=O) groups is 1. The zero-order valence-electron chi connectivity index (χ0n) is 12.9. The van der Waals surface area contributed by atoms with Gasteiger partial charge in [0.15, 0.2) is 5.17 Å². The molecule has 3 rings (SSSR count). The topological polar surface area (TPSA) is 50.7 Å². The third-order valence-electron chi connectivity index (χ3n) is 3.41. The number of thioether (sulfide) groups is 1. The van der Waals surface area contributed by atoms with Gasteiger partial charge < -0.3 is 10.1 Å². The van der Waals surface area contributed by atoms with Crippen LogP contribution in [-0.4, -0.2) is 18.2 Å². The zero-order valence-corrected chi connectivity index (χ0v) is 13.7. The van der Waals surface area contributed by atoms with Gasteiger partial charge in [0, 0.05) is 5.56 Å². The molecule has 4 nitrogen and oxygen atoms in total. The van der Waals surface area contributed by atoms with E-state index in [4.69, 9.17) is 4.74 Å². The number of nitrogens with one attached hydrogen (secondary N) is 1. The Hall–Kier alpha value is -2.53. The number of aryl methyl sites for hydroxylation is 1. The van der Waals surface area contributed by atoms with Crippen molar-refractivity contribution in [3.05, 3.63) is 64.6 Å². The number of rotatable bonds is 3. The first-order chi connectivity index (χ1) is 11.2. The number of amides is 1. The lowest BCUT2D eigenvalue weighted by Gasteiger charge is -2.03. The quantitative estimate of drug-likeness (QED) is 0.871. The van der Waals surface area contributed by atoms with Crippen molar-refractivity contribution in [3.8, 4) is 5.75 Å². The first kappa shape index (κ1) is 15.4. The number of aliphatic imine (C=N–C) groups is 1. The summed E-state index contributed by atoms with van der Waals surface area (Å²) in [7, 11) is 1.62. The third-order valence-corrected chi connectivity index (χ3v) is 4.32. The maximum atomic E-state index is 12.1. The molecule has 1 heterocycles. The lowest BCUT2D eigenvalue weighted by molar-refractivity contribution is -0.115. The molecule has 23 heavy (non-hydrogen) atoms. The van der Waals surface area contributed by atoms with Crippen LogP contribution in [0.1, 0.15) is 11.1 Å². The first-order valence-electron chi connectivity index (χ1n) is 7.15. The Morgan fingerprint density at radius 3 is 2.65 bits per heavy atom. The van der Waals surface area contributed by atoms with Crippen molar-refractivity contribution in [1.82, 2.24) is 5.32 Å². The van der Waals surface area contributed by atoms with Crippen molar-refractivity contribution >= 4 is 34.6 Å². The van der Waals surface area contributed by atoms with Gasteiger partial charge in [0.05, 0.1) is 17.7 Å². The summed E-state index contributed by atoms with van der Waals surface area (Å²) < 4.78 is 5.31. The first-order valence-corrected chi connectivity index (χ1v) is 7.97. The average molecular weight is 324 g/mol. The minimum Gasteiger partial charge on any atom is -0.496 e. The van der Waals surface area contributed by atoms with Crippen LogP contribution >= 0.6 is 11.8 Å². The molecule has 0 saturated carbocycles. The summed E-state index contributed by atoms with van der Waals surface area (Å²) in [6, 6.07) is 15.4. The molecule has 1 saturated heterocycles. The molecule has 0 aromatic heterocycles. The van der Waals surface area contributed by atoms with Gasteiger partial charge in [-0.15, -0.1) is 0 Å². The number of nitrogens with zero attached hydrogens (tertiary/aromatic N) is 1. The number of benzene rings is 2. The highest BCUT2D eigenvalue weighted by atomic mass is 32.2. The normalized spacial score (nSPS) is 17.6. The minimum atomic E-state index is -0.145. The van der Waals surface area contributed by atoms with Crippen LogP contribution in [0.5, 0.6) is 5.75 Å². The van der Waals surface area contributed by atoms with Crippen molar-refractivity contribution in [2.45, 2.75) is 6.92 Å². The SMILES string of the molecule is COc1ccccc1/C=C1\SC(=Nc2ccccc2C)NC1=O. The van der Waals surface area contributed by atoms with Gasteiger partial charge in [0.2, 0.25) is 0 Å². The van der Waals surface area contributed by atoms with Gasteiger partial charge in [-0.2, -0.15) is 0 Å². The molecule has 1 aliphatic rings. The van der Waals surface area contributed by atoms with Crippen molar-refractivity contribution in [2.24, 2.45) is 4.99 Å². The molecule has 1 N–H and O–H groups in total. The third kappa shape index (κ3) is 3.46. The standard InChI is InChI=1S/C18H16N2O2S/c1-12-7-3-5-9-14(12)19-18-20-17(21)16(23-18)11-13-8-4-6-10-15(13)22-2/h3-11H,1-2H3,(H,19,20,21)/b16-11-. The van der Waals surface area contributed by atoms with E-state index < -0.39 is 0 Å². The van der Waals surface area contributed by atoms with Crippen molar-refractivity contribution in [1.29, 1.82) is 0 Å². The summed E-state index contributed by atoms with van der Waals surface area (Å²) in [4.78, 5) is 17.3. The summed E-state index contributed by atoms with van der Waals surface area (Å²) in [5.74, 6) is 0.589. The second kappa shape index (κ2) is 6.71. The highest BCUT2D eigenvalue weighted by Gasteiger charge is 2.24. The molecule has 116 valence electrons. The van der Waals surface area contributed by atoms with Gasteiger partial charge in [0.1, 0.15) is 5.75 Å². The molecule has 0 spiro atoms. The summed E-state index contributed by atoms with van der Waals surface area (Å²) in [6.07, 6.45) is 1.82. The van der Waals surface area contributed by atoms with Crippen LogP contribution in [-0.2, 0) is 4.79 Å². The predicted octanol–water partition coefficient (Wildman–Crippen LogP) is 3.90. The van der Waals surface area contributed by atoms with E-state index in [9.17, 15) is 4.79 Å². The van der Waals surface area contributed by atoms with E-state index in [1.165, 1.54) is 11.8 Å². The van der Waals surface area contributed by atoms with E-state index in [0.717, 1.165) is 22.6 Å². The monoisotopic (exact) mass is 324 g/mol. The molecule has 0 aliphatic carbocycles. The molecular formula is C18H16N2O2S. The summed E-state index contributed by atoms with van der Waals surface area (Å²) in [5, 5.41) is 3.39. The van der Waals surface area contributed by atoms with E-state index in [0.29, 0.717) is 10.1 Å². The minimum absolute atomic E-state index is 0.145. The van der Waals surface area contributed by atoms with Crippen LogP contribution in [0.3, 0.4) is 0 Å². The Labute approximate surface area is 139 Å². The van der Waals surface area contributed by atoms with E-state index in [1.807, 2.05) is 61.5 Å². The predicted molar refractivity (Wildman–Crippen MR) is 95.0 cm³/mol. The van der Waals surface area contributed by atoms with Crippen LogP contribution in [0.4, 0.5) is 5.69 Å². The van der Waals surface area contributed by atoms with E-state index in [-0.39, 0.29) is 5.91 Å². The Balaban J connectivity index is 1.88. The number of para-hydroxylation sites is 2. The van der Waals surface area contributed by atoms with Crippen molar-refractivity contribution in [2.75, 3.05) is 7.11 Å². The Morgan fingerprint density at radius 1 is 1.13 bits per heavy atom. The molecule has 0 radical (unpaired) electrons. The number of hydrogen-bond donors (Lipinski definition) is 1. The van der Waals surface area contributed by atoms with Gasteiger partial charge in [-0.1, -0.05) is 36.4 Å².